The van der Waals surface area contributed by atoms with E-state index in [0.717, 1.165) is 13.0 Å². The molecule has 2 aliphatic carbocycles. The van der Waals surface area contributed by atoms with Crippen molar-refractivity contribution in [1.82, 2.24) is 0 Å². The molecule has 0 spiro atoms. The van der Waals surface area contributed by atoms with Gasteiger partial charge in [0, 0.05) is 12.0 Å². The lowest BCUT2D eigenvalue weighted by Gasteiger charge is -2.11. The first-order valence-corrected chi connectivity index (χ1v) is 4.70. The molecule has 0 amide bonds. The van der Waals surface area contributed by atoms with Crippen molar-refractivity contribution in [3.8, 4) is 0 Å². The number of fused-ring (bicyclic) bond motifs is 2. The summed E-state index contributed by atoms with van der Waals surface area (Å²) in [4.78, 5) is 0. The van der Waals surface area contributed by atoms with Crippen LogP contribution in [0.4, 0.5) is 0 Å². The average molecular weight is 160 g/mol. The second-order valence-corrected chi connectivity index (χ2v) is 3.63. The molecule has 12 heavy (non-hydrogen) atoms. The van der Waals surface area contributed by atoms with Gasteiger partial charge in [0.15, 0.2) is 0 Å². The Balaban J connectivity index is 2.07. The van der Waals surface area contributed by atoms with Gasteiger partial charge in [-0.15, -0.1) is 0 Å². The van der Waals surface area contributed by atoms with E-state index in [1.54, 1.807) is 0 Å². The van der Waals surface area contributed by atoms with Crippen LogP contribution < -0.4 is 0 Å². The molecule has 0 radical (unpaired) electrons. The lowest BCUT2D eigenvalue weighted by molar-refractivity contribution is 0.253. The van der Waals surface area contributed by atoms with Crippen molar-refractivity contribution < 1.29 is 4.74 Å². The molecule has 1 heterocycles. The zero-order valence-corrected chi connectivity index (χ0v) is 7.10. The molecule has 3 rings (SSSR count). The topological polar surface area (TPSA) is 9.23 Å². The maximum absolute atomic E-state index is 5.62. The van der Waals surface area contributed by atoms with E-state index in [0.29, 0.717) is 0 Å². The van der Waals surface area contributed by atoms with Crippen molar-refractivity contribution in [2.75, 3.05) is 6.61 Å². The predicted octanol–water partition coefficient (Wildman–Crippen LogP) is 2.71. The highest BCUT2D eigenvalue weighted by molar-refractivity contribution is 5.56. The zero-order valence-electron chi connectivity index (χ0n) is 7.10. The van der Waals surface area contributed by atoms with E-state index in [-0.39, 0.29) is 0 Å². The Morgan fingerprint density at radius 3 is 3.08 bits per heavy atom. The summed E-state index contributed by atoms with van der Waals surface area (Å²) in [6, 6.07) is 0. The SMILES string of the molecule is C1=C2CC3=C(OCC3)C2=CCC1. The first-order valence-electron chi connectivity index (χ1n) is 4.70. The van der Waals surface area contributed by atoms with Crippen LogP contribution in [0.25, 0.3) is 0 Å². The van der Waals surface area contributed by atoms with Gasteiger partial charge in [0.25, 0.3) is 0 Å². The molecule has 0 bridgehead atoms. The van der Waals surface area contributed by atoms with Crippen LogP contribution in [0.3, 0.4) is 0 Å². The molecule has 0 fully saturated rings. The summed E-state index contributed by atoms with van der Waals surface area (Å²) in [5.74, 6) is 1.22. The number of hydrogen-bond donors (Lipinski definition) is 0. The van der Waals surface area contributed by atoms with Gasteiger partial charge in [-0.25, -0.2) is 0 Å². The Morgan fingerprint density at radius 1 is 1.17 bits per heavy atom. The minimum absolute atomic E-state index is 0.912. The van der Waals surface area contributed by atoms with Gasteiger partial charge in [0.1, 0.15) is 5.76 Å². The fraction of sp³-hybridized carbons (Fsp3) is 0.455. The first kappa shape index (κ1) is 6.53. The molecule has 62 valence electrons. The van der Waals surface area contributed by atoms with Crippen molar-refractivity contribution in [2.45, 2.75) is 25.7 Å². The maximum Gasteiger partial charge on any atom is 0.126 e. The van der Waals surface area contributed by atoms with Gasteiger partial charge in [-0.3, -0.25) is 0 Å². The van der Waals surface area contributed by atoms with Crippen LogP contribution >= 0.6 is 0 Å². The number of allylic oxidation sites excluding steroid dienone is 3. The van der Waals surface area contributed by atoms with Gasteiger partial charge in [-0.1, -0.05) is 12.2 Å². The second kappa shape index (κ2) is 2.25. The highest BCUT2D eigenvalue weighted by Crippen LogP contribution is 2.43. The molecule has 1 heteroatoms. The third-order valence-corrected chi connectivity index (χ3v) is 2.87. The molecule has 1 aliphatic heterocycles. The molecule has 0 aromatic heterocycles. The van der Waals surface area contributed by atoms with Crippen LogP contribution in [-0.4, -0.2) is 6.61 Å². The second-order valence-electron chi connectivity index (χ2n) is 3.63. The summed E-state index contributed by atoms with van der Waals surface area (Å²) < 4.78 is 5.62. The Hall–Kier alpha value is -0.980. The number of rotatable bonds is 0. The van der Waals surface area contributed by atoms with Crippen LogP contribution in [0.15, 0.2) is 34.6 Å². The van der Waals surface area contributed by atoms with E-state index < -0.39 is 0 Å². The Morgan fingerprint density at radius 2 is 2.08 bits per heavy atom. The van der Waals surface area contributed by atoms with Crippen LogP contribution in [0.1, 0.15) is 25.7 Å². The highest BCUT2D eigenvalue weighted by atomic mass is 16.5. The minimum Gasteiger partial charge on any atom is -0.493 e. The van der Waals surface area contributed by atoms with Crippen molar-refractivity contribution in [2.24, 2.45) is 0 Å². The zero-order chi connectivity index (χ0) is 7.97. The number of hydrogen-bond acceptors (Lipinski definition) is 1. The first-order chi connectivity index (χ1) is 5.95. The third-order valence-electron chi connectivity index (χ3n) is 2.87. The predicted molar refractivity (Wildman–Crippen MR) is 47.6 cm³/mol. The Labute approximate surface area is 72.4 Å². The molecule has 0 aromatic carbocycles. The summed E-state index contributed by atoms with van der Waals surface area (Å²) in [5, 5.41) is 0. The fourth-order valence-electron chi connectivity index (χ4n) is 2.29. The van der Waals surface area contributed by atoms with E-state index >= 15 is 0 Å². The van der Waals surface area contributed by atoms with E-state index in [9.17, 15) is 0 Å². The Bertz CT molecular complexity index is 318. The van der Waals surface area contributed by atoms with Crippen molar-refractivity contribution >= 4 is 0 Å². The largest absolute Gasteiger partial charge is 0.493 e. The minimum atomic E-state index is 0.912. The summed E-state index contributed by atoms with van der Waals surface area (Å²) in [7, 11) is 0. The van der Waals surface area contributed by atoms with Crippen LogP contribution in [-0.2, 0) is 4.74 Å². The smallest absolute Gasteiger partial charge is 0.126 e. The van der Waals surface area contributed by atoms with Crippen LogP contribution in [0.5, 0.6) is 0 Å². The molecule has 0 atom stereocenters. The Kier molecular flexibility index (Phi) is 1.23. The summed E-state index contributed by atoms with van der Waals surface area (Å²) >= 11 is 0. The normalized spacial score (nSPS) is 26.0. The summed E-state index contributed by atoms with van der Waals surface area (Å²) in [6.45, 7) is 0.912. The molecule has 0 saturated carbocycles. The highest BCUT2D eigenvalue weighted by Gasteiger charge is 2.29. The summed E-state index contributed by atoms with van der Waals surface area (Å²) in [5.41, 5.74) is 4.47. The van der Waals surface area contributed by atoms with Gasteiger partial charge >= 0.3 is 0 Å². The van der Waals surface area contributed by atoms with Crippen molar-refractivity contribution in [3.05, 3.63) is 34.6 Å². The fourth-order valence-corrected chi connectivity index (χ4v) is 2.29. The number of ether oxygens (including phenoxy) is 1. The molecule has 0 aromatic rings. The molecular formula is C11H12O. The molecular weight excluding hydrogens is 148 g/mol. The third kappa shape index (κ3) is 0.739. The standard InChI is InChI=1S/C11H12O/c1-2-4-10-8(3-1)7-9-5-6-12-11(9)10/h3-4H,1-2,5-7H2. The van der Waals surface area contributed by atoms with E-state index in [1.807, 2.05) is 0 Å². The van der Waals surface area contributed by atoms with Gasteiger partial charge in [0.2, 0.25) is 0 Å². The monoisotopic (exact) mass is 160 g/mol. The lowest BCUT2D eigenvalue weighted by Crippen LogP contribution is -1.95. The quantitative estimate of drug-likeness (QED) is 0.529. The van der Waals surface area contributed by atoms with Crippen molar-refractivity contribution in [1.29, 1.82) is 0 Å². The van der Waals surface area contributed by atoms with Crippen molar-refractivity contribution in [3.63, 3.8) is 0 Å². The maximum atomic E-state index is 5.62. The molecule has 3 aliphatic rings. The molecule has 1 nitrogen and oxygen atoms in total. The molecule has 0 unspecified atom stereocenters. The van der Waals surface area contributed by atoms with Gasteiger partial charge in [-0.2, -0.15) is 0 Å². The van der Waals surface area contributed by atoms with Crippen LogP contribution in [0, 0.1) is 0 Å². The van der Waals surface area contributed by atoms with Gasteiger partial charge in [-0.05, 0) is 30.4 Å². The lowest BCUT2D eigenvalue weighted by atomic mass is 9.99. The molecule has 0 N–H and O–H groups in total. The van der Waals surface area contributed by atoms with E-state index in [4.69, 9.17) is 4.74 Å². The molecule has 0 saturated heterocycles. The van der Waals surface area contributed by atoms with Gasteiger partial charge < -0.3 is 4.74 Å². The van der Waals surface area contributed by atoms with Crippen LogP contribution in [0.2, 0.25) is 0 Å². The van der Waals surface area contributed by atoms with E-state index in [2.05, 4.69) is 12.2 Å². The average Bonchev–Trinajstić information content (AvgIpc) is 2.62. The van der Waals surface area contributed by atoms with E-state index in [1.165, 1.54) is 41.7 Å². The summed E-state index contributed by atoms with van der Waals surface area (Å²) in [6.07, 6.45) is 9.45. The van der Waals surface area contributed by atoms with Gasteiger partial charge in [0.05, 0.1) is 6.61 Å².